The molecule has 1 aromatic heterocycles. The molecule has 2 rings (SSSR count). The second kappa shape index (κ2) is 6.74. The van der Waals surface area contributed by atoms with Crippen molar-refractivity contribution in [1.82, 2.24) is 20.1 Å². The fourth-order valence-electron chi connectivity index (χ4n) is 2.91. The van der Waals surface area contributed by atoms with E-state index in [2.05, 4.69) is 15.4 Å². The normalized spacial score (nSPS) is 18.6. The van der Waals surface area contributed by atoms with E-state index in [-0.39, 0.29) is 11.6 Å². The molecule has 1 aromatic rings. The molecule has 1 heterocycles. The molecule has 0 spiro atoms. The quantitative estimate of drug-likeness (QED) is 0.538. The summed E-state index contributed by atoms with van der Waals surface area (Å²) in [7, 11) is 7.49. The number of hydrazine groups is 1. The van der Waals surface area contributed by atoms with E-state index >= 15 is 0 Å². The van der Waals surface area contributed by atoms with E-state index in [9.17, 15) is 0 Å². The molecular formula is C14H27N5O2. The van der Waals surface area contributed by atoms with Crippen molar-refractivity contribution in [2.24, 2.45) is 5.84 Å². The fourth-order valence-corrected chi connectivity index (χ4v) is 2.91. The highest BCUT2D eigenvalue weighted by atomic mass is 16.5. The van der Waals surface area contributed by atoms with Gasteiger partial charge in [0.25, 0.3) is 0 Å². The minimum Gasteiger partial charge on any atom is -0.493 e. The molecule has 0 amide bonds. The Kier molecular flexibility index (Phi) is 5.21. The van der Waals surface area contributed by atoms with Crippen LogP contribution >= 0.6 is 0 Å². The van der Waals surface area contributed by atoms with Crippen LogP contribution in [-0.2, 0) is 11.3 Å². The number of nitrogens with one attached hydrogen (secondary N) is 1. The number of likely N-dealkylation sites (N-methyl/N-ethyl adjacent to an activating group) is 1. The number of rotatable bonds is 8. The van der Waals surface area contributed by atoms with Crippen LogP contribution in [0.15, 0.2) is 6.20 Å². The maximum Gasteiger partial charge on any atom is 0.161 e. The monoisotopic (exact) mass is 297 g/mol. The van der Waals surface area contributed by atoms with Crippen LogP contribution < -0.4 is 16.0 Å². The van der Waals surface area contributed by atoms with Crippen molar-refractivity contribution in [3.05, 3.63) is 11.9 Å². The average molecular weight is 297 g/mol. The van der Waals surface area contributed by atoms with Gasteiger partial charge in [0.15, 0.2) is 5.75 Å². The number of nitrogens with zero attached hydrogens (tertiary/aromatic N) is 3. The third-order valence-corrected chi connectivity index (χ3v) is 4.40. The van der Waals surface area contributed by atoms with Gasteiger partial charge >= 0.3 is 0 Å². The molecule has 1 unspecified atom stereocenters. The first-order valence-electron chi connectivity index (χ1n) is 7.33. The Labute approximate surface area is 126 Å². The molecule has 120 valence electrons. The number of hydrogen-bond acceptors (Lipinski definition) is 6. The molecule has 1 aliphatic carbocycles. The Bertz CT molecular complexity index is 451. The molecule has 21 heavy (non-hydrogen) atoms. The summed E-state index contributed by atoms with van der Waals surface area (Å²) >= 11 is 0. The summed E-state index contributed by atoms with van der Waals surface area (Å²) < 4.78 is 13.2. The van der Waals surface area contributed by atoms with Gasteiger partial charge in [-0.15, -0.1) is 0 Å². The topological polar surface area (TPSA) is 77.6 Å². The minimum absolute atomic E-state index is 0.129. The maximum absolute atomic E-state index is 5.85. The Hall–Kier alpha value is -1.15. The van der Waals surface area contributed by atoms with E-state index < -0.39 is 0 Å². The van der Waals surface area contributed by atoms with Gasteiger partial charge in [0.1, 0.15) is 5.69 Å². The third kappa shape index (κ3) is 3.06. The SMILES string of the molecule is COc1cnn(CCN(C)C)c1C(NN)C1(OC)CCC1. The lowest BCUT2D eigenvalue weighted by molar-refractivity contribution is -0.102. The van der Waals surface area contributed by atoms with Crippen LogP contribution in [0.25, 0.3) is 0 Å². The van der Waals surface area contributed by atoms with Crippen molar-refractivity contribution in [2.45, 2.75) is 37.5 Å². The van der Waals surface area contributed by atoms with Gasteiger partial charge in [-0.05, 0) is 33.4 Å². The standard InChI is InChI=1S/C14H27N5O2/c1-18(2)8-9-19-12(11(20-3)10-16-19)13(17-15)14(21-4)6-5-7-14/h10,13,17H,5-9,15H2,1-4H3. The highest BCUT2D eigenvalue weighted by Crippen LogP contribution is 2.46. The van der Waals surface area contributed by atoms with Crippen LogP contribution in [-0.4, -0.2) is 55.1 Å². The third-order valence-electron chi connectivity index (χ3n) is 4.40. The molecule has 1 saturated carbocycles. The molecule has 7 nitrogen and oxygen atoms in total. The van der Waals surface area contributed by atoms with E-state index in [0.29, 0.717) is 0 Å². The highest BCUT2D eigenvalue weighted by Gasteiger charge is 2.47. The zero-order chi connectivity index (χ0) is 15.5. The van der Waals surface area contributed by atoms with Crippen LogP contribution in [0.5, 0.6) is 5.75 Å². The minimum atomic E-state index is -0.266. The maximum atomic E-state index is 5.85. The molecular weight excluding hydrogens is 270 g/mol. The van der Waals surface area contributed by atoms with Crippen LogP contribution in [0.4, 0.5) is 0 Å². The largest absolute Gasteiger partial charge is 0.493 e. The zero-order valence-corrected chi connectivity index (χ0v) is 13.4. The lowest BCUT2D eigenvalue weighted by Crippen LogP contribution is -2.53. The van der Waals surface area contributed by atoms with Gasteiger partial charge in [-0.2, -0.15) is 5.10 Å². The Balaban J connectivity index is 2.32. The van der Waals surface area contributed by atoms with E-state index in [4.69, 9.17) is 15.3 Å². The van der Waals surface area contributed by atoms with E-state index in [1.807, 2.05) is 18.8 Å². The predicted octanol–water partition coefficient (Wildman–Crippen LogP) is 0.527. The van der Waals surface area contributed by atoms with Crippen molar-refractivity contribution in [3.8, 4) is 5.75 Å². The van der Waals surface area contributed by atoms with Gasteiger partial charge in [-0.3, -0.25) is 10.5 Å². The summed E-state index contributed by atoms with van der Waals surface area (Å²) in [5.74, 6) is 6.60. The number of aromatic nitrogens is 2. The van der Waals surface area contributed by atoms with Gasteiger partial charge in [0, 0.05) is 13.7 Å². The van der Waals surface area contributed by atoms with E-state index in [1.54, 1.807) is 20.4 Å². The first-order valence-corrected chi connectivity index (χ1v) is 7.33. The fraction of sp³-hybridized carbons (Fsp3) is 0.786. The van der Waals surface area contributed by atoms with Gasteiger partial charge in [-0.1, -0.05) is 0 Å². The molecule has 0 saturated heterocycles. The molecule has 0 radical (unpaired) electrons. The molecule has 1 atom stereocenters. The van der Waals surface area contributed by atoms with Gasteiger partial charge < -0.3 is 14.4 Å². The summed E-state index contributed by atoms with van der Waals surface area (Å²) in [5.41, 5.74) is 3.62. The second-order valence-corrected chi connectivity index (χ2v) is 5.85. The van der Waals surface area contributed by atoms with Crippen molar-refractivity contribution in [1.29, 1.82) is 0 Å². The second-order valence-electron chi connectivity index (χ2n) is 5.85. The van der Waals surface area contributed by atoms with Crippen LogP contribution in [0.2, 0.25) is 0 Å². The molecule has 7 heteroatoms. The number of methoxy groups -OCH3 is 2. The smallest absolute Gasteiger partial charge is 0.161 e. The first kappa shape index (κ1) is 16.2. The zero-order valence-electron chi connectivity index (χ0n) is 13.4. The Morgan fingerprint density at radius 3 is 2.62 bits per heavy atom. The van der Waals surface area contributed by atoms with Gasteiger partial charge in [0.2, 0.25) is 0 Å². The van der Waals surface area contributed by atoms with Crippen LogP contribution in [0.3, 0.4) is 0 Å². The lowest BCUT2D eigenvalue weighted by Gasteiger charge is -2.46. The van der Waals surface area contributed by atoms with Gasteiger partial charge in [-0.25, -0.2) is 5.43 Å². The lowest BCUT2D eigenvalue weighted by atomic mass is 9.73. The molecule has 1 aliphatic rings. The van der Waals surface area contributed by atoms with Crippen LogP contribution in [0.1, 0.15) is 31.0 Å². The van der Waals surface area contributed by atoms with Crippen molar-refractivity contribution >= 4 is 0 Å². The van der Waals surface area contributed by atoms with Crippen molar-refractivity contribution in [3.63, 3.8) is 0 Å². The number of hydrogen-bond donors (Lipinski definition) is 2. The Morgan fingerprint density at radius 1 is 1.48 bits per heavy atom. The van der Waals surface area contributed by atoms with Crippen LogP contribution in [0, 0.1) is 0 Å². The summed E-state index contributed by atoms with van der Waals surface area (Å²) in [5, 5.41) is 4.45. The highest BCUT2D eigenvalue weighted by molar-refractivity contribution is 5.31. The number of ether oxygens (including phenoxy) is 2. The first-order chi connectivity index (χ1) is 10.1. The Morgan fingerprint density at radius 2 is 2.19 bits per heavy atom. The molecule has 0 bridgehead atoms. The molecule has 0 aromatic carbocycles. The predicted molar refractivity (Wildman–Crippen MR) is 81.0 cm³/mol. The summed E-state index contributed by atoms with van der Waals surface area (Å²) in [6.45, 7) is 1.68. The number of nitrogens with two attached hydrogens (primary N) is 1. The molecule has 1 fully saturated rings. The van der Waals surface area contributed by atoms with E-state index in [0.717, 1.165) is 43.8 Å². The van der Waals surface area contributed by atoms with Gasteiger partial charge in [0.05, 0.1) is 31.5 Å². The molecule has 0 aliphatic heterocycles. The summed E-state index contributed by atoms with van der Waals surface area (Å²) in [6, 6.07) is -0.129. The van der Waals surface area contributed by atoms with Crippen molar-refractivity contribution in [2.75, 3.05) is 34.9 Å². The van der Waals surface area contributed by atoms with E-state index in [1.165, 1.54) is 0 Å². The summed E-state index contributed by atoms with van der Waals surface area (Å²) in [6.07, 6.45) is 4.87. The average Bonchev–Trinajstić information content (AvgIpc) is 2.83. The molecule has 3 N–H and O–H groups in total. The van der Waals surface area contributed by atoms with Crippen molar-refractivity contribution < 1.29 is 9.47 Å². The summed E-state index contributed by atoms with van der Waals surface area (Å²) in [4.78, 5) is 2.12.